The molecule has 3 unspecified atom stereocenters. The molecule has 0 radical (unpaired) electrons. The van der Waals surface area contributed by atoms with Gasteiger partial charge in [-0.15, -0.1) is 0 Å². The largest absolute Gasteiger partial charge is 0.756 e. The molecule has 9 heteroatoms. The van der Waals surface area contributed by atoms with E-state index in [-0.39, 0.29) is 12.5 Å². The molecule has 0 saturated heterocycles. The number of nitrogens with one attached hydrogen (secondary N) is 1. The molecule has 0 rings (SSSR count). The van der Waals surface area contributed by atoms with Gasteiger partial charge >= 0.3 is 0 Å². The Hall–Kier alpha value is -1.02. The molecule has 0 aromatic rings. The van der Waals surface area contributed by atoms with Gasteiger partial charge in [-0.05, 0) is 32.1 Å². The standard InChI is InChI=1S/C35H69N2O6P/c1-6-8-10-12-14-16-18-19-21-23-25-27-29-35(39)36-33(32-43-44(40,41)42-31-30-37(3,4)5)34(38)28-26-24-22-20-17-15-13-11-9-7-2/h17,20,26,28,33-34,38H,6-16,18-19,21-25,27,29-32H2,1-5H3,(H-,36,39,40,41)/b20-17+,28-26+. The van der Waals surface area contributed by atoms with Crippen molar-refractivity contribution in [2.75, 3.05) is 40.9 Å². The second kappa shape index (κ2) is 28.2. The third-order valence-electron chi connectivity index (χ3n) is 7.66. The third kappa shape index (κ3) is 29.7. The highest BCUT2D eigenvalue weighted by molar-refractivity contribution is 7.45. The Morgan fingerprint density at radius 2 is 1.27 bits per heavy atom. The summed E-state index contributed by atoms with van der Waals surface area (Å²) >= 11 is 0. The maximum absolute atomic E-state index is 12.7. The average Bonchev–Trinajstić information content (AvgIpc) is 2.95. The van der Waals surface area contributed by atoms with Gasteiger partial charge in [0.1, 0.15) is 13.2 Å². The fraction of sp³-hybridized carbons (Fsp3) is 0.857. The van der Waals surface area contributed by atoms with Crippen molar-refractivity contribution in [2.45, 2.75) is 154 Å². The van der Waals surface area contributed by atoms with Gasteiger partial charge in [-0.1, -0.05) is 128 Å². The molecule has 2 N–H and O–H groups in total. The lowest BCUT2D eigenvalue weighted by atomic mass is 10.0. The summed E-state index contributed by atoms with van der Waals surface area (Å²) in [6, 6.07) is -0.894. The molecule has 0 fully saturated rings. The van der Waals surface area contributed by atoms with E-state index in [1.54, 1.807) is 6.08 Å². The van der Waals surface area contributed by atoms with Gasteiger partial charge in [-0.3, -0.25) is 9.36 Å². The van der Waals surface area contributed by atoms with Gasteiger partial charge in [0.2, 0.25) is 5.91 Å². The fourth-order valence-electron chi connectivity index (χ4n) is 4.75. The highest BCUT2D eigenvalue weighted by Gasteiger charge is 2.23. The minimum absolute atomic E-state index is 0.00512. The molecule has 0 heterocycles. The number of phosphoric ester groups is 1. The highest BCUT2D eigenvalue weighted by atomic mass is 31.2. The summed E-state index contributed by atoms with van der Waals surface area (Å²) in [6.45, 7) is 4.55. The molecule has 0 aliphatic carbocycles. The van der Waals surface area contributed by atoms with Crippen LogP contribution in [0.15, 0.2) is 24.3 Å². The summed E-state index contributed by atoms with van der Waals surface area (Å²) in [5, 5.41) is 13.6. The number of quaternary nitrogens is 1. The minimum Gasteiger partial charge on any atom is -0.756 e. The first-order valence-corrected chi connectivity index (χ1v) is 19.2. The van der Waals surface area contributed by atoms with Crippen molar-refractivity contribution in [3.8, 4) is 0 Å². The van der Waals surface area contributed by atoms with Crippen molar-refractivity contribution in [3.63, 3.8) is 0 Å². The van der Waals surface area contributed by atoms with Crippen LogP contribution in [0.5, 0.6) is 0 Å². The average molecular weight is 645 g/mol. The summed E-state index contributed by atoms with van der Waals surface area (Å²) in [6.07, 6.45) is 29.4. The van der Waals surface area contributed by atoms with Crippen molar-refractivity contribution < 1.29 is 32.9 Å². The quantitative estimate of drug-likeness (QED) is 0.0343. The molecule has 3 atom stereocenters. The molecule has 260 valence electrons. The van der Waals surface area contributed by atoms with Gasteiger partial charge in [-0.2, -0.15) is 0 Å². The van der Waals surface area contributed by atoms with E-state index < -0.39 is 26.6 Å². The van der Waals surface area contributed by atoms with Crippen LogP contribution in [-0.2, 0) is 18.4 Å². The van der Waals surface area contributed by atoms with Crippen LogP contribution in [0, 0.1) is 0 Å². The van der Waals surface area contributed by atoms with E-state index in [0.29, 0.717) is 17.4 Å². The first-order valence-electron chi connectivity index (χ1n) is 17.7. The molecule has 0 aromatic carbocycles. The van der Waals surface area contributed by atoms with Crippen molar-refractivity contribution in [1.82, 2.24) is 5.32 Å². The van der Waals surface area contributed by atoms with Gasteiger partial charge in [0.25, 0.3) is 7.82 Å². The molecule has 44 heavy (non-hydrogen) atoms. The van der Waals surface area contributed by atoms with Crippen molar-refractivity contribution in [2.24, 2.45) is 0 Å². The van der Waals surface area contributed by atoms with Crippen molar-refractivity contribution >= 4 is 13.7 Å². The normalized spacial score (nSPS) is 15.2. The van der Waals surface area contributed by atoms with Crippen LogP contribution in [0.25, 0.3) is 0 Å². The minimum atomic E-state index is -4.58. The van der Waals surface area contributed by atoms with Crippen molar-refractivity contribution in [3.05, 3.63) is 24.3 Å². The summed E-state index contributed by atoms with van der Waals surface area (Å²) in [5.41, 5.74) is 0. The van der Waals surface area contributed by atoms with E-state index in [1.165, 1.54) is 83.5 Å². The van der Waals surface area contributed by atoms with Crippen molar-refractivity contribution in [1.29, 1.82) is 0 Å². The maximum atomic E-state index is 12.7. The summed E-state index contributed by atoms with van der Waals surface area (Å²) in [7, 11) is 1.24. The molecule has 0 aliphatic rings. The number of allylic oxidation sites excluding steroid dienone is 3. The number of hydrogen-bond donors (Lipinski definition) is 2. The molecule has 0 saturated carbocycles. The zero-order valence-electron chi connectivity index (χ0n) is 29.1. The Morgan fingerprint density at radius 1 is 0.773 bits per heavy atom. The number of rotatable bonds is 31. The van der Waals surface area contributed by atoms with Crippen LogP contribution in [0.2, 0.25) is 0 Å². The smallest absolute Gasteiger partial charge is 0.268 e. The number of carbonyl (C=O) groups is 1. The van der Waals surface area contributed by atoms with Crippen LogP contribution in [0.4, 0.5) is 0 Å². The monoisotopic (exact) mass is 644 g/mol. The Labute approximate surface area is 271 Å². The second-order valence-corrected chi connectivity index (χ2v) is 14.6. The van der Waals surface area contributed by atoms with Crippen LogP contribution < -0.4 is 10.2 Å². The van der Waals surface area contributed by atoms with Crippen LogP contribution in [-0.4, -0.2) is 68.5 Å². The summed E-state index contributed by atoms with van der Waals surface area (Å²) in [4.78, 5) is 25.0. The number of hydrogen-bond acceptors (Lipinski definition) is 6. The molecular formula is C35H69N2O6P. The van der Waals surface area contributed by atoms with E-state index >= 15 is 0 Å². The molecule has 0 spiro atoms. The van der Waals surface area contributed by atoms with E-state index in [9.17, 15) is 19.4 Å². The zero-order chi connectivity index (χ0) is 32.9. The number of aliphatic hydroxyl groups is 1. The topological polar surface area (TPSA) is 108 Å². The highest BCUT2D eigenvalue weighted by Crippen LogP contribution is 2.38. The van der Waals surface area contributed by atoms with Crippen LogP contribution >= 0.6 is 7.82 Å². The number of unbranched alkanes of at least 4 members (excludes halogenated alkanes) is 16. The molecule has 1 amide bonds. The van der Waals surface area contributed by atoms with Gasteiger partial charge in [0.05, 0.1) is 39.9 Å². The SMILES string of the molecule is CCCCCC/C=C/CC/C=C/C(O)C(COP(=O)([O-])OCC[N+](C)(C)C)NC(=O)CCCCCCCCCCCCCC. The molecular weight excluding hydrogens is 575 g/mol. The molecule has 0 aromatic heterocycles. The molecule has 0 aliphatic heterocycles. The predicted octanol–water partition coefficient (Wildman–Crippen LogP) is 7.99. The Bertz CT molecular complexity index is 784. The van der Waals surface area contributed by atoms with Crippen LogP contribution in [0.1, 0.15) is 142 Å². The second-order valence-electron chi connectivity index (χ2n) is 13.2. The number of nitrogens with zero attached hydrogens (tertiary/aromatic N) is 1. The number of amides is 1. The van der Waals surface area contributed by atoms with Gasteiger partial charge in [0.15, 0.2) is 0 Å². The first kappa shape index (κ1) is 43.0. The Balaban J connectivity index is 4.62. The lowest BCUT2D eigenvalue weighted by Gasteiger charge is -2.29. The first-order chi connectivity index (χ1) is 21.0. The zero-order valence-corrected chi connectivity index (χ0v) is 30.0. The van der Waals surface area contributed by atoms with Gasteiger partial charge < -0.3 is 28.8 Å². The molecule has 8 nitrogen and oxygen atoms in total. The number of carbonyl (C=O) groups excluding carboxylic acids is 1. The van der Waals surface area contributed by atoms with Gasteiger partial charge in [0, 0.05) is 6.42 Å². The Morgan fingerprint density at radius 3 is 1.84 bits per heavy atom. The number of aliphatic hydroxyl groups excluding tert-OH is 1. The van der Waals surface area contributed by atoms with E-state index in [0.717, 1.165) is 38.5 Å². The number of phosphoric acid groups is 1. The lowest BCUT2D eigenvalue weighted by molar-refractivity contribution is -0.870. The third-order valence-corrected chi connectivity index (χ3v) is 8.63. The lowest BCUT2D eigenvalue weighted by Crippen LogP contribution is -2.45. The van der Waals surface area contributed by atoms with E-state index in [2.05, 4.69) is 31.3 Å². The Kier molecular flexibility index (Phi) is 27.6. The summed E-state index contributed by atoms with van der Waals surface area (Å²) in [5.74, 6) is -0.212. The fourth-order valence-corrected chi connectivity index (χ4v) is 5.48. The number of likely N-dealkylation sites (N-methyl/N-ethyl adjacent to an activating group) is 1. The van der Waals surface area contributed by atoms with Gasteiger partial charge in [-0.25, -0.2) is 0 Å². The summed E-state index contributed by atoms with van der Waals surface area (Å²) < 4.78 is 23.0. The predicted molar refractivity (Wildman–Crippen MR) is 182 cm³/mol. The maximum Gasteiger partial charge on any atom is 0.268 e. The van der Waals surface area contributed by atoms with E-state index in [1.807, 2.05) is 27.2 Å². The van der Waals surface area contributed by atoms with E-state index in [4.69, 9.17) is 9.05 Å². The van der Waals surface area contributed by atoms with Crippen LogP contribution in [0.3, 0.4) is 0 Å². The molecule has 0 bridgehead atoms.